The van der Waals surface area contributed by atoms with E-state index in [2.05, 4.69) is 5.32 Å². The maximum absolute atomic E-state index is 11.8. The van der Waals surface area contributed by atoms with Gasteiger partial charge in [0.1, 0.15) is 0 Å². The molecule has 3 heteroatoms. The van der Waals surface area contributed by atoms with Gasteiger partial charge < -0.3 is 5.32 Å². The van der Waals surface area contributed by atoms with Crippen molar-refractivity contribution < 1.29 is 9.59 Å². The molecule has 1 amide bonds. The number of piperidine rings is 1. The molecule has 14 heavy (non-hydrogen) atoms. The summed E-state index contributed by atoms with van der Waals surface area (Å²) < 4.78 is 0. The highest BCUT2D eigenvalue weighted by Crippen LogP contribution is 2.26. The van der Waals surface area contributed by atoms with Crippen LogP contribution in [0, 0.1) is 11.8 Å². The molecular weight excluding hydrogens is 178 g/mol. The van der Waals surface area contributed by atoms with Crippen LogP contribution >= 0.6 is 0 Å². The minimum atomic E-state index is -0.292. The molecule has 1 saturated heterocycles. The number of rotatable bonds is 1. The first-order valence-corrected chi connectivity index (χ1v) is 4.93. The minimum Gasteiger partial charge on any atom is -0.346 e. The van der Waals surface area contributed by atoms with Crippen molar-refractivity contribution in [2.75, 3.05) is 0 Å². The van der Waals surface area contributed by atoms with Crippen LogP contribution in [-0.4, -0.2) is 17.7 Å². The predicted octanol–water partition coefficient (Wildman–Crippen LogP) is 0.822. The summed E-state index contributed by atoms with van der Waals surface area (Å²) in [7, 11) is 0. The molecule has 74 valence electrons. The third-order valence-electron chi connectivity index (χ3n) is 2.83. The highest BCUT2D eigenvalue weighted by Gasteiger charge is 2.40. The van der Waals surface area contributed by atoms with Gasteiger partial charge in [-0.05, 0) is 6.42 Å². The second kappa shape index (κ2) is 3.40. The van der Waals surface area contributed by atoms with E-state index in [9.17, 15) is 9.59 Å². The van der Waals surface area contributed by atoms with Crippen LogP contribution < -0.4 is 5.32 Å². The highest BCUT2D eigenvalue weighted by molar-refractivity contribution is 6.00. The molecule has 1 aliphatic carbocycles. The Morgan fingerprint density at radius 3 is 2.50 bits per heavy atom. The van der Waals surface area contributed by atoms with E-state index in [1.807, 2.05) is 25.2 Å². The van der Waals surface area contributed by atoms with E-state index in [0.717, 1.165) is 0 Å². The summed E-state index contributed by atoms with van der Waals surface area (Å²) in [5.41, 5.74) is 0. The number of fused-ring (bicyclic) bond motifs is 1. The first kappa shape index (κ1) is 9.19. The van der Waals surface area contributed by atoms with Gasteiger partial charge in [-0.15, -0.1) is 0 Å². The third kappa shape index (κ3) is 1.29. The quantitative estimate of drug-likeness (QED) is 0.667. The Hall–Kier alpha value is -1.38. The van der Waals surface area contributed by atoms with Gasteiger partial charge in [0.2, 0.25) is 5.91 Å². The number of carbonyl (C=O) groups excluding carboxylic acids is 2. The van der Waals surface area contributed by atoms with Crippen molar-refractivity contribution in [3.63, 3.8) is 0 Å². The first-order chi connectivity index (χ1) is 6.74. The summed E-state index contributed by atoms with van der Waals surface area (Å²) in [5.74, 6) is -0.409. The summed E-state index contributed by atoms with van der Waals surface area (Å²) in [4.78, 5) is 23.4. The van der Waals surface area contributed by atoms with Gasteiger partial charge in [0.25, 0.3) is 0 Å². The van der Waals surface area contributed by atoms with Gasteiger partial charge in [-0.25, -0.2) is 0 Å². The number of Topliss-reactive ketones (excluding diaryl/α,β-unsaturated/α-hetero) is 1. The van der Waals surface area contributed by atoms with Gasteiger partial charge in [-0.1, -0.05) is 31.2 Å². The molecule has 3 unspecified atom stereocenters. The molecule has 1 aliphatic heterocycles. The van der Waals surface area contributed by atoms with Crippen molar-refractivity contribution in [2.24, 2.45) is 11.8 Å². The second-order valence-corrected chi connectivity index (χ2v) is 3.69. The van der Waals surface area contributed by atoms with Crippen molar-refractivity contribution in [1.82, 2.24) is 5.32 Å². The topological polar surface area (TPSA) is 46.2 Å². The zero-order valence-electron chi connectivity index (χ0n) is 8.07. The van der Waals surface area contributed by atoms with Gasteiger partial charge >= 0.3 is 0 Å². The number of amides is 1. The lowest BCUT2D eigenvalue weighted by atomic mass is 9.78. The van der Waals surface area contributed by atoms with Crippen LogP contribution in [0.2, 0.25) is 0 Å². The summed E-state index contributed by atoms with van der Waals surface area (Å²) in [6.45, 7) is 1.91. The molecule has 0 aromatic heterocycles. The van der Waals surface area contributed by atoms with Gasteiger partial charge in [0, 0.05) is 0 Å². The van der Waals surface area contributed by atoms with Gasteiger partial charge in [0.05, 0.1) is 17.9 Å². The lowest BCUT2D eigenvalue weighted by molar-refractivity contribution is -0.138. The summed E-state index contributed by atoms with van der Waals surface area (Å²) in [6, 6.07) is -0.292. The fourth-order valence-corrected chi connectivity index (χ4v) is 2.00. The Bertz CT molecular complexity index is 330. The molecular formula is C11H13NO2. The van der Waals surface area contributed by atoms with E-state index in [1.165, 1.54) is 0 Å². The normalized spacial score (nSPS) is 35.4. The SMILES string of the molecule is CCC1NC(=O)C2C=CC=CC2C1=O. The predicted molar refractivity (Wildman–Crippen MR) is 52.5 cm³/mol. The maximum Gasteiger partial charge on any atom is 0.228 e. The number of allylic oxidation sites excluding steroid dienone is 3. The van der Waals surface area contributed by atoms with Crippen LogP contribution in [0.1, 0.15) is 13.3 Å². The Balaban J connectivity index is 2.27. The van der Waals surface area contributed by atoms with Gasteiger partial charge in [-0.3, -0.25) is 9.59 Å². The van der Waals surface area contributed by atoms with Crippen molar-refractivity contribution in [3.8, 4) is 0 Å². The average Bonchev–Trinajstić information content (AvgIpc) is 2.23. The number of hydrogen-bond donors (Lipinski definition) is 1. The van der Waals surface area contributed by atoms with Crippen molar-refractivity contribution >= 4 is 11.7 Å². The zero-order chi connectivity index (χ0) is 10.1. The molecule has 2 aliphatic rings. The van der Waals surface area contributed by atoms with Crippen LogP contribution in [-0.2, 0) is 9.59 Å². The van der Waals surface area contributed by atoms with Gasteiger partial charge in [0.15, 0.2) is 5.78 Å². The molecule has 3 nitrogen and oxygen atoms in total. The Morgan fingerprint density at radius 1 is 1.21 bits per heavy atom. The smallest absolute Gasteiger partial charge is 0.228 e. The molecule has 0 aromatic carbocycles. The Morgan fingerprint density at radius 2 is 1.86 bits per heavy atom. The molecule has 1 N–H and O–H groups in total. The van der Waals surface area contributed by atoms with Crippen LogP contribution in [0.4, 0.5) is 0 Å². The molecule has 0 aromatic rings. The molecule has 1 fully saturated rings. The Labute approximate surface area is 82.9 Å². The van der Waals surface area contributed by atoms with E-state index in [0.29, 0.717) is 6.42 Å². The van der Waals surface area contributed by atoms with E-state index in [4.69, 9.17) is 0 Å². The maximum atomic E-state index is 11.8. The van der Waals surface area contributed by atoms with Crippen LogP contribution in [0.5, 0.6) is 0 Å². The van der Waals surface area contributed by atoms with E-state index in [-0.39, 0.29) is 29.6 Å². The summed E-state index contributed by atoms with van der Waals surface area (Å²) in [5, 5.41) is 2.74. The van der Waals surface area contributed by atoms with E-state index >= 15 is 0 Å². The minimum absolute atomic E-state index is 0.0259. The van der Waals surface area contributed by atoms with Crippen molar-refractivity contribution in [2.45, 2.75) is 19.4 Å². The first-order valence-electron chi connectivity index (χ1n) is 4.93. The number of ketones is 1. The van der Waals surface area contributed by atoms with Gasteiger partial charge in [-0.2, -0.15) is 0 Å². The molecule has 0 radical (unpaired) electrons. The summed E-state index contributed by atoms with van der Waals surface area (Å²) >= 11 is 0. The lowest BCUT2D eigenvalue weighted by Gasteiger charge is -2.32. The number of nitrogens with one attached hydrogen (secondary N) is 1. The van der Waals surface area contributed by atoms with Crippen LogP contribution in [0.15, 0.2) is 24.3 Å². The molecule has 0 bridgehead atoms. The fraction of sp³-hybridized carbons (Fsp3) is 0.455. The summed E-state index contributed by atoms with van der Waals surface area (Å²) in [6.07, 6.45) is 7.95. The van der Waals surface area contributed by atoms with E-state index < -0.39 is 0 Å². The molecule has 1 heterocycles. The zero-order valence-corrected chi connectivity index (χ0v) is 8.07. The van der Waals surface area contributed by atoms with Crippen molar-refractivity contribution in [3.05, 3.63) is 24.3 Å². The molecule has 0 spiro atoms. The second-order valence-electron chi connectivity index (χ2n) is 3.69. The lowest BCUT2D eigenvalue weighted by Crippen LogP contribution is -2.54. The average molecular weight is 191 g/mol. The third-order valence-corrected chi connectivity index (χ3v) is 2.83. The molecule has 3 atom stereocenters. The number of carbonyl (C=O) groups is 2. The van der Waals surface area contributed by atoms with Crippen LogP contribution in [0.3, 0.4) is 0 Å². The molecule has 0 saturated carbocycles. The fourth-order valence-electron chi connectivity index (χ4n) is 2.00. The largest absolute Gasteiger partial charge is 0.346 e. The van der Waals surface area contributed by atoms with Crippen LogP contribution in [0.25, 0.3) is 0 Å². The van der Waals surface area contributed by atoms with E-state index in [1.54, 1.807) is 6.08 Å². The highest BCUT2D eigenvalue weighted by atomic mass is 16.2. The number of hydrogen-bond acceptors (Lipinski definition) is 2. The Kier molecular flexibility index (Phi) is 2.23. The monoisotopic (exact) mass is 191 g/mol. The van der Waals surface area contributed by atoms with Crippen molar-refractivity contribution in [1.29, 1.82) is 0 Å². The molecule has 2 rings (SSSR count). The standard InChI is InChI=1S/C11H13NO2/c1-2-9-10(13)7-5-3-4-6-8(7)11(14)12-9/h3-9H,2H2,1H3,(H,12,14).